The quantitative estimate of drug-likeness (QED) is 0.764. The molecule has 0 aliphatic carbocycles. The van der Waals surface area contributed by atoms with Gasteiger partial charge in [0.2, 0.25) is 0 Å². The lowest BCUT2D eigenvalue weighted by molar-refractivity contribution is -0.191. The molecule has 21 heavy (non-hydrogen) atoms. The normalized spacial score (nSPS) is 23.0. The minimum Gasteiger partial charge on any atom is -0.394 e. The van der Waals surface area contributed by atoms with E-state index in [1.54, 1.807) is 6.92 Å². The van der Waals surface area contributed by atoms with E-state index in [9.17, 15) is 14.7 Å². The lowest BCUT2D eigenvalue weighted by Crippen LogP contribution is -2.33. The summed E-state index contributed by atoms with van der Waals surface area (Å²) in [7, 11) is 0. The van der Waals surface area contributed by atoms with Gasteiger partial charge >= 0.3 is 11.8 Å². The molecule has 1 aromatic heterocycles. The fourth-order valence-corrected chi connectivity index (χ4v) is 2.26. The van der Waals surface area contributed by atoms with Crippen molar-refractivity contribution in [3.63, 3.8) is 0 Å². The molecule has 2 atom stereocenters. The van der Waals surface area contributed by atoms with Crippen molar-refractivity contribution in [2.24, 2.45) is 5.41 Å². The molecule has 0 bridgehead atoms. The Morgan fingerprint density at radius 2 is 2.05 bits per heavy atom. The van der Waals surface area contributed by atoms with Crippen molar-refractivity contribution in [1.29, 1.82) is 0 Å². The second-order valence-electron chi connectivity index (χ2n) is 5.52. The molecule has 1 aliphatic heterocycles. The standard InChI is InChI=1S/C12H18N2O4.CO2/c1-7-5-14(11(17)13-10(7)16)9-4-12(2,3)8(6-15)18-9;2-1-3/h5,8-9,15H,4,6H2,1-3H3,(H,13,16,17);/t8-,9?;/m1./s1. The van der Waals surface area contributed by atoms with Crippen LogP contribution in [0.4, 0.5) is 0 Å². The Morgan fingerprint density at radius 3 is 2.52 bits per heavy atom. The Balaban J connectivity index is 0.000000677. The summed E-state index contributed by atoms with van der Waals surface area (Å²) in [5.74, 6) is 0. The van der Waals surface area contributed by atoms with Crippen molar-refractivity contribution in [1.82, 2.24) is 9.55 Å². The minimum atomic E-state index is -0.481. The zero-order valence-electron chi connectivity index (χ0n) is 12.1. The van der Waals surface area contributed by atoms with E-state index in [1.165, 1.54) is 10.8 Å². The maximum atomic E-state index is 11.8. The number of nitrogens with zero attached hydrogens (tertiary/aromatic N) is 1. The number of aryl methyl sites for hydroxylation is 1. The first-order valence-electron chi connectivity index (χ1n) is 6.34. The van der Waals surface area contributed by atoms with Gasteiger partial charge in [-0.2, -0.15) is 9.59 Å². The average Bonchev–Trinajstić information content (AvgIpc) is 2.69. The Hall–Kier alpha value is -2.02. The molecular weight excluding hydrogens is 280 g/mol. The smallest absolute Gasteiger partial charge is 0.373 e. The van der Waals surface area contributed by atoms with Gasteiger partial charge in [0.05, 0.1) is 12.7 Å². The number of rotatable bonds is 2. The van der Waals surface area contributed by atoms with E-state index < -0.39 is 11.9 Å². The molecule has 1 fully saturated rings. The van der Waals surface area contributed by atoms with E-state index in [1.807, 2.05) is 13.8 Å². The number of aromatic nitrogens is 2. The first-order valence-corrected chi connectivity index (χ1v) is 6.34. The second kappa shape index (κ2) is 6.62. The average molecular weight is 298 g/mol. The topological polar surface area (TPSA) is 118 Å². The molecule has 116 valence electrons. The maximum Gasteiger partial charge on any atom is 0.373 e. The van der Waals surface area contributed by atoms with Crippen LogP contribution in [-0.2, 0) is 14.3 Å². The van der Waals surface area contributed by atoms with Crippen LogP contribution in [0, 0.1) is 12.3 Å². The molecular formula is C13H18N2O6. The molecule has 1 saturated heterocycles. The molecule has 8 nitrogen and oxygen atoms in total. The zero-order valence-corrected chi connectivity index (χ0v) is 12.1. The molecule has 8 heteroatoms. The molecule has 0 spiro atoms. The summed E-state index contributed by atoms with van der Waals surface area (Å²) >= 11 is 0. The van der Waals surface area contributed by atoms with Crippen LogP contribution < -0.4 is 11.2 Å². The van der Waals surface area contributed by atoms with E-state index in [4.69, 9.17) is 14.3 Å². The van der Waals surface area contributed by atoms with Crippen molar-refractivity contribution in [3.05, 3.63) is 32.6 Å². The summed E-state index contributed by atoms with van der Waals surface area (Å²) < 4.78 is 7.06. The largest absolute Gasteiger partial charge is 0.394 e. The Labute approximate surface area is 120 Å². The molecule has 1 unspecified atom stereocenters. The van der Waals surface area contributed by atoms with Gasteiger partial charge in [0.25, 0.3) is 5.56 Å². The van der Waals surface area contributed by atoms with Crippen LogP contribution in [0.1, 0.15) is 32.1 Å². The maximum absolute atomic E-state index is 11.8. The first-order chi connectivity index (χ1) is 9.76. The number of ether oxygens (including phenoxy) is 1. The number of aliphatic hydroxyl groups excluding tert-OH is 1. The van der Waals surface area contributed by atoms with Crippen LogP contribution in [0.15, 0.2) is 15.8 Å². The third kappa shape index (κ3) is 3.75. The van der Waals surface area contributed by atoms with Crippen molar-refractivity contribution in [3.8, 4) is 0 Å². The predicted molar refractivity (Wildman–Crippen MR) is 70.5 cm³/mol. The predicted octanol–water partition coefficient (Wildman–Crippen LogP) is -0.432. The number of aliphatic hydroxyl groups is 1. The van der Waals surface area contributed by atoms with Gasteiger partial charge < -0.3 is 9.84 Å². The number of hydrogen-bond acceptors (Lipinski definition) is 6. The fraction of sp³-hybridized carbons (Fsp3) is 0.615. The number of aromatic amines is 1. The van der Waals surface area contributed by atoms with Crippen molar-refractivity contribution in [2.45, 2.75) is 39.5 Å². The molecule has 2 heterocycles. The third-order valence-electron chi connectivity index (χ3n) is 3.52. The SMILES string of the molecule is Cc1cn(C2CC(C)(C)[C@@H](CO)O2)c(=O)[nH]c1=O.O=C=O. The van der Waals surface area contributed by atoms with Gasteiger partial charge in [-0.3, -0.25) is 14.3 Å². The van der Waals surface area contributed by atoms with E-state index in [-0.39, 0.29) is 29.8 Å². The Kier molecular flexibility index (Phi) is 5.37. The van der Waals surface area contributed by atoms with Crippen LogP contribution >= 0.6 is 0 Å². The minimum absolute atomic E-state index is 0.0828. The van der Waals surface area contributed by atoms with E-state index in [2.05, 4.69) is 4.98 Å². The number of nitrogens with one attached hydrogen (secondary N) is 1. The van der Waals surface area contributed by atoms with Crippen LogP contribution in [-0.4, -0.2) is 33.5 Å². The summed E-state index contributed by atoms with van der Waals surface area (Å²) in [5, 5.41) is 9.26. The highest BCUT2D eigenvalue weighted by Crippen LogP contribution is 2.41. The van der Waals surface area contributed by atoms with Gasteiger partial charge in [-0.1, -0.05) is 13.8 Å². The zero-order chi connectivity index (χ0) is 16.2. The molecule has 0 radical (unpaired) electrons. The summed E-state index contributed by atoms with van der Waals surface area (Å²) in [4.78, 5) is 41.6. The van der Waals surface area contributed by atoms with Gasteiger partial charge in [0.15, 0.2) is 0 Å². The van der Waals surface area contributed by atoms with Gasteiger partial charge in [0.1, 0.15) is 6.23 Å². The molecule has 0 saturated carbocycles. The van der Waals surface area contributed by atoms with Gasteiger partial charge in [-0.25, -0.2) is 4.79 Å². The van der Waals surface area contributed by atoms with E-state index >= 15 is 0 Å². The second-order valence-corrected chi connectivity index (χ2v) is 5.52. The van der Waals surface area contributed by atoms with Crippen LogP contribution in [0.5, 0.6) is 0 Å². The van der Waals surface area contributed by atoms with Crippen LogP contribution in [0.25, 0.3) is 0 Å². The summed E-state index contributed by atoms with van der Waals surface area (Å²) in [6, 6.07) is 0. The van der Waals surface area contributed by atoms with Crippen LogP contribution in [0.2, 0.25) is 0 Å². The van der Waals surface area contributed by atoms with Crippen molar-refractivity contribution < 1.29 is 19.4 Å². The van der Waals surface area contributed by atoms with Gasteiger partial charge in [-0.05, 0) is 12.3 Å². The number of H-pyrrole nitrogens is 1. The lowest BCUT2D eigenvalue weighted by atomic mass is 9.85. The Morgan fingerprint density at radius 1 is 1.48 bits per heavy atom. The van der Waals surface area contributed by atoms with Gasteiger partial charge in [-0.15, -0.1) is 0 Å². The number of carbonyl (C=O) groups excluding carboxylic acids is 2. The summed E-state index contributed by atoms with van der Waals surface area (Å²) in [6.45, 7) is 5.52. The van der Waals surface area contributed by atoms with Gasteiger partial charge in [0, 0.05) is 18.2 Å². The summed E-state index contributed by atoms with van der Waals surface area (Å²) in [5.41, 5.74) is -0.608. The molecule has 2 rings (SSSR count). The summed E-state index contributed by atoms with van der Waals surface area (Å²) in [6.07, 6.45) is 1.62. The van der Waals surface area contributed by atoms with Crippen molar-refractivity contribution >= 4 is 6.15 Å². The highest BCUT2D eigenvalue weighted by molar-refractivity contribution is 5.20. The highest BCUT2D eigenvalue weighted by Gasteiger charge is 2.42. The lowest BCUT2D eigenvalue weighted by Gasteiger charge is -2.22. The first kappa shape index (κ1) is 17.0. The highest BCUT2D eigenvalue weighted by atomic mass is 16.5. The van der Waals surface area contributed by atoms with E-state index in [0.717, 1.165) is 0 Å². The molecule has 2 N–H and O–H groups in total. The number of hydrogen-bond donors (Lipinski definition) is 2. The van der Waals surface area contributed by atoms with Crippen molar-refractivity contribution in [2.75, 3.05) is 6.61 Å². The fourth-order valence-electron chi connectivity index (χ4n) is 2.26. The molecule has 1 aromatic rings. The molecule has 0 amide bonds. The molecule has 1 aliphatic rings. The molecule has 0 aromatic carbocycles. The van der Waals surface area contributed by atoms with Crippen LogP contribution in [0.3, 0.4) is 0 Å². The van der Waals surface area contributed by atoms with E-state index in [0.29, 0.717) is 12.0 Å². The third-order valence-corrected chi connectivity index (χ3v) is 3.52. The monoisotopic (exact) mass is 298 g/mol. The Bertz CT molecular complexity index is 639.